The summed E-state index contributed by atoms with van der Waals surface area (Å²) in [5, 5.41) is 2.90. The molecule has 1 atom stereocenters. The lowest BCUT2D eigenvalue weighted by Crippen LogP contribution is -2.31. The number of carbonyl (C=O) groups is 1. The molecule has 0 bridgehead atoms. The molecule has 4 nitrogen and oxygen atoms in total. The van der Waals surface area contributed by atoms with E-state index >= 15 is 0 Å². The molecule has 1 aromatic heterocycles. The summed E-state index contributed by atoms with van der Waals surface area (Å²) in [5.41, 5.74) is 2.46. The zero-order valence-electron chi connectivity index (χ0n) is 13.6. The van der Waals surface area contributed by atoms with E-state index in [9.17, 15) is 14.0 Å². The zero-order valence-corrected chi connectivity index (χ0v) is 13.6. The van der Waals surface area contributed by atoms with Crippen molar-refractivity contribution in [1.29, 1.82) is 0 Å². The number of hydrogen-bond acceptors (Lipinski definition) is 2. The monoisotopic (exact) mass is 316 g/mol. The second kappa shape index (κ2) is 7.22. The fourth-order valence-corrected chi connectivity index (χ4v) is 2.54. The van der Waals surface area contributed by atoms with E-state index in [1.54, 1.807) is 6.92 Å². The number of rotatable bonds is 5. The second-order valence-corrected chi connectivity index (χ2v) is 5.42. The van der Waals surface area contributed by atoms with Crippen molar-refractivity contribution in [2.75, 3.05) is 5.32 Å². The summed E-state index contributed by atoms with van der Waals surface area (Å²) in [7, 11) is 0. The van der Waals surface area contributed by atoms with Crippen LogP contribution in [0.5, 0.6) is 0 Å². The molecule has 0 spiro atoms. The first kappa shape index (κ1) is 16.9. The molecule has 0 aliphatic heterocycles. The molecule has 0 saturated heterocycles. The highest BCUT2D eigenvalue weighted by atomic mass is 19.1. The standard InChI is InChI=1S/C18H21FN2O2/c1-4-13-7-6-8-14(5-2)17(13)20-18(23)12(3)21-11-15(19)9-10-16(21)22/h6-12H,4-5H2,1-3H3,(H,20,23). The summed E-state index contributed by atoms with van der Waals surface area (Å²) in [6, 6.07) is 7.31. The van der Waals surface area contributed by atoms with Gasteiger partial charge in [0.05, 0.1) is 0 Å². The number of nitrogens with one attached hydrogen (secondary N) is 1. The number of amides is 1. The third kappa shape index (κ3) is 3.67. The maximum atomic E-state index is 13.3. The average Bonchev–Trinajstić information content (AvgIpc) is 2.56. The average molecular weight is 316 g/mol. The van der Waals surface area contributed by atoms with E-state index in [2.05, 4.69) is 5.32 Å². The molecule has 23 heavy (non-hydrogen) atoms. The fraction of sp³-hybridized carbons (Fsp3) is 0.333. The maximum absolute atomic E-state index is 13.3. The van der Waals surface area contributed by atoms with Crippen LogP contribution in [0.2, 0.25) is 0 Å². The molecular formula is C18H21FN2O2. The van der Waals surface area contributed by atoms with E-state index in [1.165, 1.54) is 0 Å². The van der Waals surface area contributed by atoms with E-state index in [0.29, 0.717) is 0 Å². The Bertz CT molecular complexity index is 746. The van der Waals surface area contributed by atoms with Gasteiger partial charge in [-0.25, -0.2) is 4.39 Å². The molecule has 122 valence electrons. The lowest BCUT2D eigenvalue weighted by Gasteiger charge is -2.18. The number of benzene rings is 1. The van der Waals surface area contributed by atoms with Crippen LogP contribution in [0, 0.1) is 5.82 Å². The highest BCUT2D eigenvalue weighted by molar-refractivity contribution is 5.95. The van der Waals surface area contributed by atoms with Crippen molar-refractivity contribution >= 4 is 11.6 Å². The predicted molar refractivity (Wildman–Crippen MR) is 89.2 cm³/mol. The lowest BCUT2D eigenvalue weighted by molar-refractivity contribution is -0.118. The van der Waals surface area contributed by atoms with Gasteiger partial charge in [-0.2, -0.15) is 0 Å². The Balaban J connectivity index is 2.32. The van der Waals surface area contributed by atoms with Crippen molar-refractivity contribution in [1.82, 2.24) is 4.57 Å². The van der Waals surface area contributed by atoms with E-state index in [1.807, 2.05) is 32.0 Å². The summed E-state index contributed by atoms with van der Waals surface area (Å²) >= 11 is 0. The van der Waals surface area contributed by atoms with Crippen LogP contribution in [0.4, 0.5) is 10.1 Å². The van der Waals surface area contributed by atoms with Crippen molar-refractivity contribution in [2.24, 2.45) is 0 Å². The molecular weight excluding hydrogens is 295 g/mol. The maximum Gasteiger partial charge on any atom is 0.251 e. The predicted octanol–water partition coefficient (Wildman–Crippen LogP) is 3.31. The molecule has 1 aromatic carbocycles. The number of hydrogen-bond donors (Lipinski definition) is 1. The van der Waals surface area contributed by atoms with Gasteiger partial charge in [0.1, 0.15) is 11.9 Å². The number of carbonyl (C=O) groups excluding carboxylic acids is 1. The van der Waals surface area contributed by atoms with Crippen molar-refractivity contribution in [3.8, 4) is 0 Å². The minimum Gasteiger partial charge on any atom is -0.324 e. The van der Waals surface area contributed by atoms with Gasteiger partial charge < -0.3 is 9.88 Å². The van der Waals surface area contributed by atoms with Gasteiger partial charge in [0.2, 0.25) is 5.91 Å². The van der Waals surface area contributed by atoms with Crippen LogP contribution in [0.25, 0.3) is 0 Å². The van der Waals surface area contributed by atoms with Gasteiger partial charge in [-0.3, -0.25) is 9.59 Å². The third-order valence-electron chi connectivity index (χ3n) is 3.95. The van der Waals surface area contributed by atoms with Crippen molar-refractivity contribution in [2.45, 2.75) is 39.7 Å². The van der Waals surface area contributed by atoms with Crippen molar-refractivity contribution < 1.29 is 9.18 Å². The molecule has 2 aromatic rings. The van der Waals surface area contributed by atoms with Crippen LogP contribution >= 0.6 is 0 Å². The number of anilines is 1. The Morgan fingerprint density at radius 2 is 1.78 bits per heavy atom. The Morgan fingerprint density at radius 1 is 1.17 bits per heavy atom. The molecule has 0 fully saturated rings. The number of aryl methyl sites for hydroxylation is 2. The van der Waals surface area contributed by atoms with Gasteiger partial charge in [0.25, 0.3) is 5.56 Å². The highest BCUT2D eigenvalue weighted by Gasteiger charge is 2.18. The first-order chi connectivity index (χ1) is 11.0. The van der Waals surface area contributed by atoms with E-state index < -0.39 is 17.4 Å². The quantitative estimate of drug-likeness (QED) is 0.920. The summed E-state index contributed by atoms with van der Waals surface area (Å²) in [6.07, 6.45) is 2.63. The Labute approximate surface area is 135 Å². The van der Waals surface area contributed by atoms with Crippen molar-refractivity contribution in [3.05, 3.63) is 63.8 Å². The summed E-state index contributed by atoms with van der Waals surface area (Å²) in [5.74, 6) is -0.888. The second-order valence-electron chi connectivity index (χ2n) is 5.42. The smallest absolute Gasteiger partial charge is 0.251 e. The Morgan fingerprint density at radius 3 is 2.35 bits per heavy atom. The van der Waals surface area contributed by atoms with E-state index in [-0.39, 0.29) is 5.91 Å². The molecule has 0 aliphatic rings. The summed E-state index contributed by atoms with van der Waals surface area (Å²) in [6.45, 7) is 5.62. The molecule has 1 heterocycles. The summed E-state index contributed by atoms with van der Waals surface area (Å²) in [4.78, 5) is 24.4. The van der Waals surface area contributed by atoms with Gasteiger partial charge in [-0.1, -0.05) is 32.0 Å². The van der Waals surface area contributed by atoms with Crippen LogP contribution < -0.4 is 10.9 Å². The SMILES string of the molecule is CCc1cccc(CC)c1NC(=O)C(C)n1cc(F)ccc1=O. The minimum atomic E-state index is -0.798. The van der Waals surface area contributed by atoms with Gasteiger partial charge in [-0.05, 0) is 37.0 Å². The van der Waals surface area contributed by atoms with Crippen LogP contribution in [0.15, 0.2) is 41.3 Å². The van der Waals surface area contributed by atoms with Crippen LogP contribution in [-0.2, 0) is 17.6 Å². The third-order valence-corrected chi connectivity index (χ3v) is 3.95. The molecule has 0 aliphatic carbocycles. The van der Waals surface area contributed by atoms with Gasteiger partial charge >= 0.3 is 0 Å². The van der Waals surface area contributed by atoms with Crippen LogP contribution in [0.3, 0.4) is 0 Å². The number of aromatic nitrogens is 1. The van der Waals surface area contributed by atoms with Gasteiger partial charge in [-0.15, -0.1) is 0 Å². The van der Waals surface area contributed by atoms with E-state index in [0.717, 1.165) is 52.6 Å². The largest absolute Gasteiger partial charge is 0.324 e. The molecule has 1 unspecified atom stereocenters. The minimum absolute atomic E-state index is 0.340. The normalized spacial score (nSPS) is 12.0. The first-order valence-electron chi connectivity index (χ1n) is 7.77. The number of halogens is 1. The fourth-order valence-electron chi connectivity index (χ4n) is 2.54. The molecule has 1 amide bonds. The summed E-state index contributed by atoms with van der Waals surface area (Å²) < 4.78 is 14.4. The molecule has 0 saturated carbocycles. The van der Waals surface area contributed by atoms with Crippen LogP contribution in [-0.4, -0.2) is 10.5 Å². The Hall–Kier alpha value is -2.43. The number of pyridine rings is 1. The molecule has 1 N–H and O–H groups in total. The zero-order chi connectivity index (χ0) is 17.0. The topological polar surface area (TPSA) is 51.1 Å². The van der Waals surface area contributed by atoms with Crippen molar-refractivity contribution in [3.63, 3.8) is 0 Å². The van der Waals surface area contributed by atoms with Gasteiger partial charge in [0.15, 0.2) is 0 Å². The highest BCUT2D eigenvalue weighted by Crippen LogP contribution is 2.23. The molecule has 2 rings (SSSR count). The first-order valence-corrected chi connectivity index (χ1v) is 7.77. The van der Waals surface area contributed by atoms with Gasteiger partial charge in [0, 0.05) is 18.0 Å². The number of para-hydroxylation sites is 1. The van der Waals surface area contributed by atoms with E-state index in [4.69, 9.17) is 0 Å². The number of nitrogens with zero attached hydrogens (tertiary/aromatic N) is 1. The molecule has 5 heteroatoms. The van der Waals surface area contributed by atoms with Crippen LogP contribution in [0.1, 0.15) is 37.9 Å². The molecule has 0 radical (unpaired) electrons. The lowest BCUT2D eigenvalue weighted by atomic mass is 10.0. The Kier molecular flexibility index (Phi) is 5.32.